The van der Waals surface area contributed by atoms with Crippen molar-refractivity contribution >= 4 is 11.6 Å². The molecule has 38 heavy (non-hydrogen) atoms. The second-order valence-electron chi connectivity index (χ2n) is 9.90. The summed E-state index contributed by atoms with van der Waals surface area (Å²) in [5.41, 5.74) is -0.133. The summed E-state index contributed by atoms with van der Waals surface area (Å²) in [6.45, 7) is 1.54. The highest BCUT2D eigenvalue weighted by Crippen LogP contribution is 2.35. The Kier molecular flexibility index (Phi) is 8.01. The molecule has 3 heterocycles. The predicted octanol–water partition coefficient (Wildman–Crippen LogP) is 4.58. The van der Waals surface area contributed by atoms with Crippen LogP contribution in [0.25, 0.3) is 0 Å². The second kappa shape index (κ2) is 11.6. The molecule has 2 aliphatic rings. The third-order valence-corrected chi connectivity index (χ3v) is 7.48. The molecule has 3 aromatic rings. The first-order chi connectivity index (χ1) is 18.4. The Balaban J connectivity index is 1.20. The van der Waals surface area contributed by atoms with Crippen molar-refractivity contribution in [2.24, 2.45) is 11.8 Å². The number of benzene rings is 1. The molecule has 1 aliphatic carbocycles. The van der Waals surface area contributed by atoms with E-state index < -0.39 is 23.6 Å². The van der Waals surface area contributed by atoms with Crippen molar-refractivity contribution in [2.45, 2.75) is 50.7 Å². The minimum Gasteiger partial charge on any atom is -0.377 e. The number of alkyl halides is 3. The van der Waals surface area contributed by atoms with Crippen molar-refractivity contribution in [1.82, 2.24) is 30.6 Å². The van der Waals surface area contributed by atoms with Crippen LogP contribution in [0.1, 0.15) is 55.1 Å². The fourth-order valence-electron chi connectivity index (χ4n) is 5.30. The fraction of sp³-hybridized carbons (Fsp3) is 0.560. The first kappa shape index (κ1) is 26.3. The Morgan fingerprint density at radius 1 is 1.05 bits per heavy atom. The summed E-state index contributed by atoms with van der Waals surface area (Å²) in [7, 11) is 0. The van der Waals surface area contributed by atoms with Gasteiger partial charge < -0.3 is 15.0 Å². The standard InChI is InChI=1S/C25H30F4N8O/c26-22-23(30-13-17-3-1-16(2-4-17)5-10-21-33-35-36-34-21)31-15-32-24(22)37-11-12-38-14-20(37)18-6-8-19(9-7-18)25(27,28)29/h6-9,15-17,20H,1-5,10-14H2,(H,30,31,32)(H,33,34,35,36)/t16?,17?,20-/m1/s1. The van der Waals surface area contributed by atoms with Crippen LogP contribution in [-0.2, 0) is 17.3 Å². The molecule has 1 aromatic carbocycles. The number of halogens is 4. The van der Waals surface area contributed by atoms with Crippen LogP contribution in [0.3, 0.4) is 0 Å². The number of H-pyrrole nitrogens is 1. The molecule has 13 heteroatoms. The van der Waals surface area contributed by atoms with Crippen LogP contribution in [0.2, 0.25) is 0 Å². The van der Waals surface area contributed by atoms with Gasteiger partial charge in [0, 0.05) is 19.5 Å². The van der Waals surface area contributed by atoms with Crippen molar-refractivity contribution in [3.05, 3.63) is 53.4 Å². The lowest BCUT2D eigenvalue weighted by atomic mass is 9.80. The summed E-state index contributed by atoms with van der Waals surface area (Å²) in [6.07, 6.45) is 3.03. The number of morpholine rings is 1. The molecule has 1 saturated carbocycles. The second-order valence-corrected chi connectivity index (χ2v) is 9.90. The van der Waals surface area contributed by atoms with Crippen LogP contribution < -0.4 is 10.2 Å². The first-order valence-electron chi connectivity index (χ1n) is 12.9. The number of nitrogens with zero attached hydrogens (tertiary/aromatic N) is 6. The number of hydrogen-bond donors (Lipinski definition) is 2. The van der Waals surface area contributed by atoms with E-state index in [1.807, 2.05) is 0 Å². The fourth-order valence-corrected chi connectivity index (χ4v) is 5.30. The molecule has 0 bridgehead atoms. The molecule has 2 N–H and O–H groups in total. The Hall–Kier alpha value is -3.35. The number of anilines is 2. The summed E-state index contributed by atoms with van der Waals surface area (Å²) < 4.78 is 60.1. The number of aromatic amines is 1. The Morgan fingerprint density at radius 3 is 2.53 bits per heavy atom. The van der Waals surface area contributed by atoms with Gasteiger partial charge in [0.25, 0.3) is 0 Å². The minimum absolute atomic E-state index is 0.112. The molecule has 2 aromatic heterocycles. The molecule has 0 radical (unpaired) electrons. The van der Waals surface area contributed by atoms with E-state index in [4.69, 9.17) is 4.74 Å². The maximum absolute atomic E-state index is 15.6. The van der Waals surface area contributed by atoms with E-state index >= 15 is 4.39 Å². The van der Waals surface area contributed by atoms with Crippen LogP contribution in [0.15, 0.2) is 30.6 Å². The Bertz CT molecular complexity index is 1170. The van der Waals surface area contributed by atoms with Crippen molar-refractivity contribution < 1.29 is 22.3 Å². The molecule has 0 spiro atoms. The Labute approximate surface area is 217 Å². The third kappa shape index (κ3) is 6.20. The summed E-state index contributed by atoms with van der Waals surface area (Å²) >= 11 is 0. The van der Waals surface area contributed by atoms with E-state index in [2.05, 4.69) is 35.9 Å². The predicted molar refractivity (Wildman–Crippen MR) is 131 cm³/mol. The van der Waals surface area contributed by atoms with Gasteiger partial charge in [0.15, 0.2) is 17.5 Å². The third-order valence-electron chi connectivity index (χ3n) is 7.48. The lowest BCUT2D eigenvalue weighted by Crippen LogP contribution is -2.40. The van der Waals surface area contributed by atoms with Crippen molar-refractivity contribution in [3.8, 4) is 0 Å². The minimum atomic E-state index is -4.42. The highest BCUT2D eigenvalue weighted by Gasteiger charge is 2.33. The van der Waals surface area contributed by atoms with Crippen molar-refractivity contribution in [1.29, 1.82) is 0 Å². The molecular formula is C25H30F4N8O. The normalized spacial score (nSPS) is 22.4. The van der Waals surface area contributed by atoms with Gasteiger partial charge >= 0.3 is 6.18 Å². The molecule has 1 saturated heterocycles. The maximum atomic E-state index is 15.6. The van der Waals surface area contributed by atoms with E-state index in [-0.39, 0.29) is 18.2 Å². The van der Waals surface area contributed by atoms with Gasteiger partial charge in [-0.25, -0.2) is 9.97 Å². The molecule has 204 valence electrons. The van der Waals surface area contributed by atoms with Crippen LogP contribution in [0.5, 0.6) is 0 Å². The first-order valence-corrected chi connectivity index (χ1v) is 12.9. The molecular weight excluding hydrogens is 504 g/mol. The number of aromatic nitrogens is 6. The maximum Gasteiger partial charge on any atom is 0.416 e. The van der Waals surface area contributed by atoms with Crippen molar-refractivity contribution in [3.63, 3.8) is 0 Å². The van der Waals surface area contributed by atoms with Crippen LogP contribution in [-0.4, -0.2) is 56.9 Å². The SMILES string of the molecule is Fc1c(NCC2CCC(CCc3nn[nH]n3)CC2)ncnc1N1CCOC[C@@H]1c1ccc(C(F)(F)F)cc1. The molecule has 0 amide bonds. The van der Waals surface area contributed by atoms with Gasteiger partial charge in [0.2, 0.25) is 5.82 Å². The van der Waals surface area contributed by atoms with Crippen LogP contribution in [0.4, 0.5) is 29.2 Å². The zero-order valence-corrected chi connectivity index (χ0v) is 20.8. The highest BCUT2D eigenvalue weighted by molar-refractivity contribution is 5.53. The molecule has 1 aliphatic heterocycles. The van der Waals surface area contributed by atoms with E-state index in [1.165, 1.54) is 18.5 Å². The van der Waals surface area contributed by atoms with Crippen LogP contribution in [0, 0.1) is 17.7 Å². The van der Waals surface area contributed by atoms with Gasteiger partial charge in [0.1, 0.15) is 6.33 Å². The largest absolute Gasteiger partial charge is 0.416 e. The number of tetrazole rings is 1. The molecule has 5 rings (SSSR count). The number of ether oxygens (including phenoxy) is 1. The van der Waals surface area contributed by atoms with Gasteiger partial charge in [-0.3, -0.25) is 0 Å². The van der Waals surface area contributed by atoms with Gasteiger partial charge in [-0.15, -0.1) is 10.2 Å². The van der Waals surface area contributed by atoms with E-state index in [9.17, 15) is 13.2 Å². The lowest BCUT2D eigenvalue weighted by Gasteiger charge is -2.37. The van der Waals surface area contributed by atoms with Gasteiger partial charge in [-0.05, 0) is 48.8 Å². The molecule has 9 nitrogen and oxygen atoms in total. The summed E-state index contributed by atoms with van der Waals surface area (Å²) in [5.74, 6) is 1.45. The molecule has 0 unspecified atom stereocenters. The average molecular weight is 535 g/mol. The van der Waals surface area contributed by atoms with Gasteiger partial charge in [0.05, 0.1) is 24.8 Å². The lowest BCUT2D eigenvalue weighted by molar-refractivity contribution is -0.137. The van der Waals surface area contributed by atoms with E-state index in [0.717, 1.165) is 56.5 Å². The van der Waals surface area contributed by atoms with Gasteiger partial charge in [-0.1, -0.05) is 30.2 Å². The average Bonchev–Trinajstić information content (AvgIpc) is 3.45. The van der Waals surface area contributed by atoms with Gasteiger partial charge in [-0.2, -0.15) is 22.8 Å². The van der Waals surface area contributed by atoms with E-state index in [0.29, 0.717) is 37.1 Å². The zero-order chi connectivity index (χ0) is 26.5. The smallest absolute Gasteiger partial charge is 0.377 e. The highest BCUT2D eigenvalue weighted by atomic mass is 19.4. The number of rotatable bonds is 8. The van der Waals surface area contributed by atoms with E-state index in [1.54, 1.807) is 4.90 Å². The number of nitrogens with one attached hydrogen (secondary N) is 2. The quantitative estimate of drug-likeness (QED) is 0.405. The Morgan fingerprint density at radius 2 is 1.82 bits per heavy atom. The monoisotopic (exact) mass is 534 g/mol. The summed E-state index contributed by atoms with van der Waals surface area (Å²) in [5, 5.41) is 17.2. The molecule has 2 fully saturated rings. The topological polar surface area (TPSA) is 105 Å². The number of hydrogen-bond acceptors (Lipinski definition) is 8. The summed E-state index contributed by atoms with van der Waals surface area (Å²) in [4.78, 5) is 10.1. The van der Waals surface area contributed by atoms with Crippen molar-refractivity contribution in [2.75, 3.05) is 36.5 Å². The molecule has 1 atom stereocenters. The van der Waals surface area contributed by atoms with Crippen LogP contribution >= 0.6 is 0 Å². The summed E-state index contributed by atoms with van der Waals surface area (Å²) in [6, 6.07) is 4.42. The number of aryl methyl sites for hydroxylation is 1. The zero-order valence-electron chi connectivity index (χ0n) is 20.8.